The highest BCUT2D eigenvalue weighted by atomic mass is 32.1. The summed E-state index contributed by atoms with van der Waals surface area (Å²) in [5.74, 6) is 0.745. The summed E-state index contributed by atoms with van der Waals surface area (Å²) >= 11 is 5.05. The lowest BCUT2D eigenvalue weighted by Crippen LogP contribution is -2.10. The minimum atomic E-state index is 0.376. The van der Waals surface area contributed by atoms with Crippen LogP contribution in [0, 0.1) is 6.92 Å². The van der Waals surface area contributed by atoms with Crippen molar-refractivity contribution in [1.82, 2.24) is 4.98 Å². The summed E-state index contributed by atoms with van der Waals surface area (Å²) in [5.41, 5.74) is 8.42. The molecule has 0 radical (unpaired) electrons. The van der Waals surface area contributed by atoms with Gasteiger partial charge < -0.3 is 11.1 Å². The van der Waals surface area contributed by atoms with Gasteiger partial charge in [-0.3, -0.25) is 0 Å². The number of anilines is 2. The average molecular weight is 293 g/mol. The van der Waals surface area contributed by atoms with Gasteiger partial charge in [0.2, 0.25) is 0 Å². The summed E-state index contributed by atoms with van der Waals surface area (Å²) in [7, 11) is 0. The third kappa shape index (κ3) is 2.85. The van der Waals surface area contributed by atoms with E-state index in [-0.39, 0.29) is 0 Å². The lowest BCUT2D eigenvalue weighted by atomic mass is 10.1. The predicted octanol–water partition coefficient (Wildman–Crippen LogP) is 3.92. The van der Waals surface area contributed by atoms with E-state index in [1.165, 1.54) is 5.39 Å². The van der Waals surface area contributed by atoms with Gasteiger partial charge in [-0.25, -0.2) is 4.98 Å². The van der Waals surface area contributed by atoms with Crippen LogP contribution in [0.3, 0.4) is 0 Å². The molecular weight excluding hydrogens is 278 g/mol. The fourth-order valence-corrected chi connectivity index (χ4v) is 2.47. The molecule has 0 aliphatic rings. The second-order valence-corrected chi connectivity index (χ2v) is 5.34. The fraction of sp³-hybridized carbons (Fsp3) is 0.0588. The number of hydrogen-bond donors (Lipinski definition) is 2. The summed E-state index contributed by atoms with van der Waals surface area (Å²) in [4.78, 5) is 4.87. The number of thiocarbonyl (C=S) groups is 1. The predicted molar refractivity (Wildman–Crippen MR) is 92.1 cm³/mol. The number of hydrogen-bond acceptors (Lipinski definition) is 3. The Labute approximate surface area is 128 Å². The highest BCUT2D eigenvalue weighted by molar-refractivity contribution is 7.80. The number of benzene rings is 2. The molecule has 3 N–H and O–H groups in total. The van der Waals surface area contributed by atoms with Gasteiger partial charge in [0, 0.05) is 22.3 Å². The summed E-state index contributed by atoms with van der Waals surface area (Å²) in [6.45, 7) is 1.93. The van der Waals surface area contributed by atoms with Crippen LogP contribution in [0.5, 0.6) is 0 Å². The number of nitrogens with two attached hydrogens (primary N) is 1. The van der Waals surface area contributed by atoms with Gasteiger partial charge in [-0.05, 0) is 30.5 Å². The van der Waals surface area contributed by atoms with Gasteiger partial charge in [0.05, 0.1) is 0 Å². The average Bonchev–Trinajstić information content (AvgIpc) is 2.47. The van der Waals surface area contributed by atoms with Crippen LogP contribution in [-0.2, 0) is 0 Å². The first-order valence-electron chi connectivity index (χ1n) is 6.67. The van der Waals surface area contributed by atoms with Crippen LogP contribution >= 0.6 is 12.2 Å². The van der Waals surface area contributed by atoms with E-state index in [1.807, 2.05) is 43.3 Å². The molecule has 1 aromatic heterocycles. The molecule has 0 unspecified atom stereocenters. The molecule has 4 heteroatoms. The number of rotatable bonds is 3. The smallest absolute Gasteiger partial charge is 0.131 e. The Hall–Kier alpha value is -2.46. The lowest BCUT2D eigenvalue weighted by Gasteiger charge is -2.11. The molecule has 0 spiro atoms. The van der Waals surface area contributed by atoms with Crippen LogP contribution in [0.2, 0.25) is 0 Å². The monoisotopic (exact) mass is 293 g/mol. The van der Waals surface area contributed by atoms with E-state index < -0.39 is 0 Å². The zero-order valence-electron chi connectivity index (χ0n) is 11.6. The molecule has 0 bridgehead atoms. The van der Waals surface area contributed by atoms with Crippen molar-refractivity contribution in [3.8, 4) is 0 Å². The van der Waals surface area contributed by atoms with Crippen molar-refractivity contribution in [3.05, 3.63) is 65.9 Å². The number of aromatic nitrogens is 1. The lowest BCUT2D eigenvalue weighted by molar-refractivity contribution is 1.19. The molecule has 0 atom stereocenters. The van der Waals surface area contributed by atoms with Crippen molar-refractivity contribution in [1.29, 1.82) is 0 Å². The molecular formula is C17H15N3S. The van der Waals surface area contributed by atoms with Crippen molar-refractivity contribution in [3.63, 3.8) is 0 Å². The van der Waals surface area contributed by atoms with Crippen molar-refractivity contribution < 1.29 is 0 Å². The summed E-state index contributed by atoms with van der Waals surface area (Å²) in [6.07, 6.45) is 0. The SMILES string of the molecule is Cc1cc(C(N)=S)cc(Nc2cccc3ccccc23)n1. The number of aryl methyl sites for hydroxylation is 1. The molecule has 0 amide bonds. The molecule has 1 heterocycles. The standard InChI is InChI=1S/C17H15N3S/c1-11-9-13(17(18)21)10-16(19-11)20-15-8-4-6-12-5-2-3-7-14(12)15/h2-10H,1H3,(H2,18,21)(H,19,20). The van der Waals surface area contributed by atoms with Crippen molar-refractivity contribution >= 4 is 39.5 Å². The summed E-state index contributed by atoms with van der Waals surface area (Å²) < 4.78 is 0. The summed E-state index contributed by atoms with van der Waals surface area (Å²) in [6, 6.07) is 18.1. The van der Waals surface area contributed by atoms with Crippen molar-refractivity contribution in [2.75, 3.05) is 5.32 Å². The topological polar surface area (TPSA) is 50.9 Å². The number of nitrogens with zero attached hydrogens (tertiary/aromatic N) is 1. The highest BCUT2D eigenvalue weighted by Gasteiger charge is 2.05. The minimum Gasteiger partial charge on any atom is -0.389 e. The Morgan fingerprint density at radius 3 is 2.67 bits per heavy atom. The first-order chi connectivity index (χ1) is 10.1. The van der Waals surface area contributed by atoms with Gasteiger partial charge in [0.1, 0.15) is 10.8 Å². The first kappa shape index (κ1) is 13.5. The van der Waals surface area contributed by atoms with Gasteiger partial charge >= 0.3 is 0 Å². The van der Waals surface area contributed by atoms with Gasteiger partial charge in [-0.1, -0.05) is 48.6 Å². The van der Waals surface area contributed by atoms with E-state index >= 15 is 0 Å². The van der Waals surface area contributed by atoms with Crippen molar-refractivity contribution in [2.24, 2.45) is 5.73 Å². The number of nitrogens with one attached hydrogen (secondary N) is 1. The maximum absolute atomic E-state index is 5.71. The Morgan fingerprint density at radius 2 is 1.86 bits per heavy atom. The fourth-order valence-electron chi connectivity index (χ4n) is 2.35. The van der Waals surface area contributed by atoms with E-state index in [1.54, 1.807) is 0 Å². The second-order valence-electron chi connectivity index (χ2n) is 4.90. The molecule has 3 rings (SSSR count). The van der Waals surface area contributed by atoms with Crippen LogP contribution in [0.15, 0.2) is 54.6 Å². The van der Waals surface area contributed by atoms with Crippen LogP contribution in [0.4, 0.5) is 11.5 Å². The molecule has 3 nitrogen and oxygen atoms in total. The van der Waals surface area contributed by atoms with Crippen LogP contribution in [0.25, 0.3) is 10.8 Å². The molecule has 0 fully saturated rings. The molecule has 0 aliphatic carbocycles. The zero-order chi connectivity index (χ0) is 14.8. The van der Waals surface area contributed by atoms with E-state index in [0.29, 0.717) is 4.99 Å². The molecule has 3 aromatic rings. The van der Waals surface area contributed by atoms with Crippen molar-refractivity contribution in [2.45, 2.75) is 6.92 Å². The van der Waals surface area contributed by atoms with E-state index in [0.717, 1.165) is 28.1 Å². The Morgan fingerprint density at radius 1 is 1.10 bits per heavy atom. The Balaban J connectivity index is 2.05. The third-order valence-corrected chi connectivity index (χ3v) is 3.53. The Kier molecular flexibility index (Phi) is 3.54. The highest BCUT2D eigenvalue weighted by Crippen LogP contribution is 2.26. The van der Waals surface area contributed by atoms with Crippen LogP contribution in [0.1, 0.15) is 11.3 Å². The largest absolute Gasteiger partial charge is 0.389 e. The maximum Gasteiger partial charge on any atom is 0.131 e. The van der Waals surface area contributed by atoms with Gasteiger partial charge in [-0.2, -0.15) is 0 Å². The molecule has 2 aromatic carbocycles. The van der Waals surface area contributed by atoms with E-state index in [2.05, 4.69) is 28.5 Å². The van der Waals surface area contributed by atoms with Crippen LogP contribution < -0.4 is 11.1 Å². The van der Waals surface area contributed by atoms with E-state index in [4.69, 9.17) is 18.0 Å². The van der Waals surface area contributed by atoms with Gasteiger partial charge in [0.25, 0.3) is 0 Å². The quantitative estimate of drug-likeness (QED) is 0.719. The molecule has 0 aliphatic heterocycles. The minimum absolute atomic E-state index is 0.376. The van der Waals surface area contributed by atoms with Crippen LogP contribution in [-0.4, -0.2) is 9.97 Å². The first-order valence-corrected chi connectivity index (χ1v) is 7.07. The van der Waals surface area contributed by atoms with E-state index in [9.17, 15) is 0 Å². The molecule has 0 saturated heterocycles. The number of pyridine rings is 1. The molecule has 104 valence electrons. The maximum atomic E-state index is 5.71. The summed E-state index contributed by atoms with van der Waals surface area (Å²) in [5, 5.41) is 5.69. The molecule has 0 saturated carbocycles. The second kappa shape index (κ2) is 5.50. The van der Waals surface area contributed by atoms with Gasteiger partial charge in [0.15, 0.2) is 0 Å². The Bertz CT molecular complexity index is 822. The normalized spacial score (nSPS) is 10.5. The number of fused-ring (bicyclic) bond motifs is 1. The third-order valence-electron chi connectivity index (χ3n) is 3.29. The zero-order valence-corrected chi connectivity index (χ0v) is 12.4. The molecule has 21 heavy (non-hydrogen) atoms. The van der Waals surface area contributed by atoms with Gasteiger partial charge in [-0.15, -0.1) is 0 Å².